The van der Waals surface area contributed by atoms with Crippen molar-refractivity contribution in [2.75, 3.05) is 0 Å². The van der Waals surface area contributed by atoms with Crippen molar-refractivity contribution < 1.29 is 27.1 Å². The Morgan fingerprint density at radius 1 is 0.727 bits per heavy atom. The fourth-order valence-corrected chi connectivity index (χ4v) is 4.24. The lowest BCUT2D eigenvalue weighted by molar-refractivity contribution is -0.247. The zero-order valence-electron chi connectivity index (χ0n) is 16.9. The third-order valence-electron chi connectivity index (χ3n) is 5.88. The number of benzene rings is 4. The summed E-state index contributed by atoms with van der Waals surface area (Å²) >= 11 is 0. The molecule has 1 aromatic heterocycles. The SMILES string of the molecule is OC(c1ccc2c(ccn2-c2ccc(F)cc2)c1)(c1ccc(F)c2ccccc12)C(F)(F)F. The van der Waals surface area contributed by atoms with Crippen molar-refractivity contribution in [3.05, 3.63) is 114 Å². The molecular weight excluding hydrogens is 437 g/mol. The number of hydrogen-bond donors (Lipinski definition) is 1. The van der Waals surface area contributed by atoms with Crippen molar-refractivity contribution in [3.63, 3.8) is 0 Å². The van der Waals surface area contributed by atoms with E-state index in [1.165, 1.54) is 54.6 Å². The number of nitrogens with zero attached hydrogens (tertiary/aromatic N) is 1. The van der Waals surface area contributed by atoms with E-state index < -0.39 is 34.5 Å². The second kappa shape index (κ2) is 7.42. The summed E-state index contributed by atoms with van der Waals surface area (Å²) in [5.41, 5.74) is -3.00. The highest BCUT2D eigenvalue weighted by molar-refractivity contribution is 5.88. The largest absolute Gasteiger partial charge is 0.425 e. The van der Waals surface area contributed by atoms with Gasteiger partial charge in [0.1, 0.15) is 11.6 Å². The molecule has 4 aromatic carbocycles. The molecule has 0 fully saturated rings. The number of halogens is 5. The van der Waals surface area contributed by atoms with E-state index in [4.69, 9.17) is 0 Å². The molecule has 1 N–H and O–H groups in total. The van der Waals surface area contributed by atoms with Gasteiger partial charge in [-0.3, -0.25) is 0 Å². The van der Waals surface area contributed by atoms with Crippen molar-refractivity contribution in [3.8, 4) is 5.69 Å². The molecule has 5 rings (SSSR count). The zero-order valence-corrected chi connectivity index (χ0v) is 16.9. The Bertz CT molecular complexity index is 1490. The van der Waals surface area contributed by atoms with Crippen molar-refractivity contribution in [2.24, 2.45) is 0 Å². The molecule has 7 heteroatoms. The zero-order chi connectivity index (χ0) is 23.4. The van der Waals surface area contributed by atoms with Crippen molar-refractivity contribution >= 4 is 21.7 Å². The van der Waals surface area contributed by atoms with Crippen LogP contribution in [0, 0.1) is 11.6 Å². The topological polar surface area (TPSA) is 25.2 Å². The van der Waals surface area contributed by atoms with Crippen LogP contribution in [-0.4, -0.2) is 15.8 Å². The Morgan fingerprint density at radius 2 is 1.42 bits per heavy atom. The number of hydrogen-bond acceptors (Lipinski definition) is 1. The first-order chi connectivity index (χ1) is 15.7. The van der Waals surface area contributed by atoms with Crippen molar-refractivity contribution in [1.82, 2.24) is 4.57 Å². The summed E-state index contributed by atoms with van der Waals surface area (Å²) in [6.07, 6.45) is -3.43. The molecule has 0 aliphatic rings. The molecule has 0 aliphatic heterocycles. The molecule has 0 bridgehead atoms. The van der Waals surface area contributed by atoms with E-state index >= 15 is 0 Å². The summed E-state index contributed by atoms with van der Waals surface area (Å²) in [4.78, 5) is 0. The Morgan fingerprint density at radius 3 is 2.12 bits per heavy atom. The maximum absolute atomic E-state index is 14.4. The van der Waals surface area contributed by atoms with E-state index in [1.54, 1.807) is 29.0 Å². The Balaban J connectivity index is 1.72. The van der Waals surface area contributed by atoms with Crippen LogP contribution >= 0.6 is 0 Å². The smallest absolute Gasteiger partial charge is 0.372 e. The van der Waals surface area contributed by atoms with E-state index in [2.05, 4.69) is 0 Å². The van der Waals surface area contributed by atoms with Crippen LogP contribution in [0.15, 0.2) is 91.1 Å². The average molecular weight is 453 g/mol. The third kappa shape index (κ3) is 3.27. The molecule has 1 heterocycles. The summed E-state index contributed by atoms with van der Waals surface area (Å²) in [6, 6.07) is 18.9. The Kier molecular flexibility index (Phi) is 4.76. The molecule has 0 amide bonds. The quantitative estimate of drug-likeness (QED) is 0.297. The molecule has 33 heavy (non-hydrogen) atoms. The van der Waals surface area contributed by atoms with Crippen LogP contribution in [-0.2, 0) is 5.60 Å². The minimum Gasteiger partial charge on any atom is -0.372 e. The molecule has 1 atom stereocenters. The first-order valence-corrected chi connectivity index (χ1v) is 10.0. The first kappa shape index (κ1) is 21.2. The number of aromatic nitrogens is 1. The number of rotatable bonds is 3. The van der Waals surface area contributed by atoms with Crippen LogP contribution in [0.4, 0.5) is 22.0 Å². The van der Waals surface area contributed by atoms with E-state index in [0.717, 1.165) is 12.1 Å². The molecule has 0 saturated carbocycles. The lowest BCUT2D eigenvalue weighted by atomic mass is 9.82. The van der Waals surface area contributed by atoms with E-state index in [-0.39, 0.29) is 10.8 Å². The van der Waals surface area contributed by atoms with Gasteiger partial charge in [0.05, 0.1) is 5.52 Å². The molecule has 0 radical (unpaired) electrons. The van der Waals surface area contributed by atoms with Gasteiger partial charge in [-0.2, -0.15) is 13.2 Å². The van der Waals surface area contributed by atoms with Gasteiger partial charge in [0, 0.05) is 28.2 Å². The van der Waals surface area contributed by atoms with Gasteiger partial charge in [-0.1, -0.05) is 36.4 Å². The summed E-state index contributed by atoms with van der Waals surface area (Å²) in [6.45, 7) is 0. The summed E-state index contributed by atoms with van der Waals surface area (Å²) in [7, 11) is 0. The minimum atomic E-state index is -5.08. The monoisotopic (exact) mass is 453 g/mol. The van der Waals surface area contributed by atoms with Crippen LogP contribution in [0.5, 0.6) is 0 Å². The number of fused-ring (bicyclic) bond motifs is 2. The van der Waals surface area contributed by atoms with Crippen LogP contribution in [0.3, 0.4) is 0 Å². The lowest BCUT2D eigenvalue weighted by Crippen LogP contribution is -2.43. The third-order valence-corrected chi connectivity index (χ3v) is 5.88. The average Bonchev–Trinajstić information content (AvgIpc) is 3.22. The van der Waals surface area contributed by atoms with Gasteiger partial charge in [-0.15, -0.1) is 0 Å². The van der Waals surface area contributed by atoms with Gasteiger partial charge in [-0.05, 0) is 59.5 Å². The maximum atomic E-state index is 14.4. The van der Waals surface area contributed by atoms with Gasteiger partial charge < -0.3 is 9.67 Å². The normalized spacial score (nSPS) is 14.0. The first-order valence-electron chi connectivity index (χ1n) is 10.0. The highest BCUT2D eigenvalue weighted by Gasteiger charge is 2.57. The number of alkyl halides is 3. The molecule has 2 nitrogen and oxygen atoms in total. The maximum Gasteiger partial charge on any atom is 0.425 e. The van der Waals surface area contributed by atoms with Crippen LogP contribution in [0.1, 0.15) is 11.1 Å². The van der Waals surface area contributed by atoms with E-state index in [9.17, 15) is 27.1 Å². The fraction of sp³-hybridized carbons (Fsp3) is 0.0769. The predicted molar refractivity (Wildman–Crippen MR) is 116 cm³/mol. The molecule has 0 spiro atoms. The van der Waals surface area contributed by atoms with Crippen LogP contribution in [0.25, 0.3) is 27.4 Å². The van der Waals surface area contributed by atoms with Gasteiger partial charge in [0.25, 0.3) is 0 Å². The molecule has 5 aromatic rings. The minimum absolute atomic E-state index is 0.0128. The Labute approximate surface area is 185 Å². The van der Waals surface area contributed by atoms with E-state index in [0.29, 0.717) is 16.6 Å². The van der Waals surface area contributed by atoms with Gasteiger partial charge in [0.2, 0.25) is 5.60 Å². The standard InChI is InChI=1S/C26H16F5NO/c27-18-6-8-19(9-7-18)32-14-13-16-15-17(5-12-24(16)32)25(33,26(29,30)31)22-10-11-23(28)21-4-2-1-3-20(21)22/h1-15,33H. The predicted octanol–water partition coefficient (Wildman–Crippen LogP) is 6.86. The fourth-order valence-electron chi connectivity index (χ4n) is 4.24. The lowest BCUT2D eigenvalue weighted by Gasteiger charge is -2.32. The number of aliphatic hydroxyl groups is 1. The summed E-state index contributed by atoms with van der Waals surface area (Å²) in [5, 5.41) is 11.6. The molecule has 166 valence electrons. The molecule has 1 unspecified atom stereocenters. The van der Waals surface area contributed by atoms with Gasteiger partial charge >= 0.3 is 6.18 Å². The summed E-state index contributed by atoms with van der Waals surface area (Å²) in [5.74, 6) is -1.08. The second-order valence-electron chi connectivity index (χ2n) is 7.78. The molecular formula is C26H16F5NO. The Hall–Kier alpha value is -3.71. The van der Waals surface area contributed by atoms with Crippen LogP contribution in [0.2, 0.25) is 0 Å². The highest BCUT2D eigenvalue weighted by Crippen LogP contribution is 2.47. The van der Waals surface area contributed by atoms with Crippen molar-refractivity contribution in [2.45, 2.75) is 11.8 Å². The van der Waals surface area contributed by atoms with Crippen molar-refractivity contribution in [1.29, 1.82) is 0 Å². The van der Waals surface area contributed by atoms with Crippen LogP contribution < -0.4 is 0 Å². The second-order valence-corrected chi connectivity index (χ2v) is 7.78. The molecule has 0 saturated heterocycles. The van der Waals surface area contributed by atoms with E-state index in [1.807, 2.05) is 0 Å². The van der Waals surface area contributed by atoms with Gasteiger partial charge in [0.15, 0.2) is 0 Å². The van der Waals surface area contributed by atoms with Gasteiger partial charge in [-0.25, -0.2) is 8.78 Å². The highest BCUT2D eigenvalue weighted by atomic mass is 19.4. The summed E-state index contributed by atoms with van der Waals surface area (Å²) < 4.78 is 72.5. The molecule has 0 aliphatic carbocycles.